The Bertz CT molecular complexity index is 1680. The van der Waals surface area contributed by atoms with Crippen LogP contribution in [0.25, 0.3) is 0 Å². The quantitative estimate of drug-likeness (QED) is 0.0261. The highest BCUT2D eigenvalue weighted by Gasteiger charge is 2.19. The van der Waals surface area contributed by atoms with Crippen molar-refractivity contribution in [1.29, 1.82) is 0 Å². The van der Waals surface area contributed by atoms with Crippen LogP contribution in [0.2, 0.25) is 0 Å². The van der Waals surface area contributed by atoms with Crippen molar-refractivity contribution in [3.05, 3.63) is 134 Å². The van der Waals surface area contributed by atoms with Gasteiger partial charge in [0.25, 0.3) is 0 Å². The standard InChI is InChI=1S/C73H120O6/c1-4-7-10-13-16-19-22-25-28-30-31-32-33-34-35-36-37-38-39-40-41-43-45-48-51-54-57-60-63-66-72(75)78-69-70(68-77-71(74)65-62-59-56-53-50-47-44-27-24-21-18-15-12-9-6-3)79-73(76)67-64-61-58-55-52-49-46-42-29-26-23-20-17-14-11-8-5-2/h7,9-10,12,16-21,25-29,31-32,34-35,37-38,44,70H,4-6,8,11,13-15,22-24,30,33,36,39-43,45-69H2,1-3H3/b10-7-,12-9-,19-16-,20-17-,21-18-,28-25-,29-26-,32-31-,35-34-,38-37-,44-27-. The third-order valence-electron chi connectivity index (χ3n) is 13.6. The zero-order valence-electron chi connectivity index (χ0n) is 51.3. The lowest BCUT2D eigenvalue weighted by molar-refractivity contribution is -0.167. The third-order valence-corrected chi connectivity index (χ3v) is 13.6. The van der Waals surface area contributed by atoms with Gasteiger partial charge in [0.05, 0.1) is 0 Å². The highest BCUT2D eigenvalue weighted by atomic mass is 16.6. The maximum absolute atomic E-state index is 12.9. The van der Waals surface area contributed by atoms with E-state index in [1.807, 2.05) is 0 Å². The van der Waals surface area contributed by atoms with Gasteiger partial charge in [-0.1, -0.05) is 270 Å². The zero-order valence-corrected chi connectivity index (χ0v) is 51.3. The third kappa shape index (κ3) is 64.3. The summed E-state index contributed by atoms with van der Waals surface area (Å²) in [5, 5.41) is 0. The van der Waals surface area contributed by atoms with Crippen molar-refractivity contribution in [2.24, 2.45) is 0 Å². The molecule has 0 aromatic rings. The van der Waals surface area contributed by atoms with E-state index in [2.05, 4.69) is 154 Å². The van der Waals surface area contributed by atoms with Crippen LogP contribution in [0.5, 0.6) is 0 Å². The molecule has 448 valence electrons. The average molecular weight is 1090 g/mol. The van der Waals surface area contributed by atoms with Gasteiger partial charge in [0.2, 0.25) is 0 Å². The SMILES string of the molecule is CC/C=C\C/C=C\C/C=C\C/C=C\C/C=C\C/C=C\CCCCCCCCCCCCC(=O)OCC(COC(=O)CCCCCCC/C=C\C/C=C\C/C=C\CC)OC(=O)CCCCCCCCC/C=C\C/C=C\CCCCC. The summed E-state index contributed by atoms with van der Waals surface area (Å²) in [4.78, 5) is 38.3. The van der Waals surface area contributed by atoms with Crippen LogP contribution in [0.4, 0.5) is 0 Å². The minimum absolute atomic E-state index is 0.0920. The van der Waals surface area contributed by atoms with E-state index in [1.54, 1.807) is 0 Å². The van der Waals surface area contributed by atoms with Crippen LogP contribution in [0, 0.1) is 0 Å². The van der Waals surface area contributed by atoms with Crippen LogP contribution in [0.15, 0.2) is 134 Å². The van der Waals surface area contributed by atoms with Crippen LogP contribution in [0.3, 0.4) is 0 Å². The molecule has 0 rings (SSSR count). The number of allylic oxidation sites excluding steroid dienone is 22. The molecule has 1 unspecified atom stereocenters. The van der Waals surface area contributed by atoms with Crippen LogP contribution in [0.1, 0.15) is 290 Å². The number of carbonyl (C=O) groups excluding carboxylic acids is 3. The van der Waals surface area contributed by atoms with Gasteiger partial charge in [0.1, 0.15) is 13.2 Å². The molecule has 79 heavy (non-hydrogen) atoms. The number of hydrogen-bond acceptors (Lipinski definition) is 6. The van der Waals surface area contributed by atoms with Crippen molar-refractivity contribution in [1.82, 2.24) is 0 Å². The van der Waals surface area contributed by atoms with Gasteiger partial charge in [0.15, 0.2) is 6.10 Å². The molecular formula is C73H120O6. The second-order valence-electron chi connectivity index (χ2n) is 21.3. The van der Waals surface area contributed by atoms with E-state index < -0.39 is 6.10 Å². The van der Waals surface area contributed by atoms with Crippen LogP contribution < -0.4 is 0 Å². The fourth-order valence-electron chi connectivity index (χ4n) is 8.79. The smallest absolute Gasteiger partial charge is 0.306 e. The zero-order chi connectivity index (χ0) is 57.1. The molecule has 0 bridgehead atoms. The van der Waals surface area contributed by atoms with Crippen molar-refractivity contribution in [2.75, 3.05) is 13.2 Å². The summed E-state index contributed by atoms with van der Waals surface area (Å²) in [6, 6.07) is 0. The van der Waals surface area contributed by atoms with E-state index in [-0.39, 0.29) is 31.1 Å². The molecule has 0 spiro atoms. The molecule has 0 aliphatic carbocycles. The Hall–Kier alpha value is -4.45. The maximum atomic E-state index is 12.9. The molecule has 1 atom stereocenters. The maximum Gasteiger partial charge on any atom is 0.306 e. The van der Waals surface area contributed by atoms with E-state index >= 15 is 0 Å². The van der Waals surface area contributed by atoms with Crippen LogP contribution in [-0.2, 0) is 28.6 Å². The van der Waals surface area contributed by atoms with E-state index in [9.17, 15) is 14.4 Å². The normalized spacial score (nSPS) is 13.0. The summed E-state index contributed by atoms with van der Waals surface area (Å²) < 4.78 is 16.9. The molecule has 0 aromatic carbocycles. The first-order valence-corrected chi connectivity index (χ1v) is 32.7. The summed E-state index contributed by atoms with van der Waals surface area (Å²) in [6.07, 6.45) is 93.1. The van der Waals surface area contributed by atoms with E-state index in [0.717, 1.165) is 148 Å². The van der Waals surface area contributed by atoms with Gasteiger partial charge < -0.3 is 14.2 Å². The predicted molar refractivity (Wildman–Crippen MR) is 343 cm³/mol. The van der Waals surface area contributed by atoms with Gasteiger partial charge >= 0.3 is 17.9 Å². The molecule has 0 radical (unpaired) electrons. The van der Waals surface area contributed by atoms with Crippen LogP contribution >= 0.6 is 0 Å². The van der Waals surface area contributed by atoms with E-state index in [0.29, 0.717) is 19.3 Å². The number of esters is 3. The first-order valence-electron chi connectivity index (χ1n) is 32.7. The molecule has 0 aliphatic rings. The van der Waals surface area contributed by atoms with Gasteiger partial charge in [0, 0.05) is 19.3 Å². The number of hydrogen-bond donors (Lipinski definition) is 0. The monoisotopic (exact) mass is 1090 g/mol. The second kappa shape index (κ2) is 66.1. The van der Waals surface area contributed by atoms with E-state index in [4.69, 9.17) is 14.2 Å². The molecule has 6 nitrogen and oxygen atoms in total. The summed E-state index contributed by atoms with van der Waals surface area (Å²) in [5.41, 5.74) is 0. The number of unbranched alkanes of at least 4 members (excludes halogenated alkanes) is 25. The molecule has 0 N–H and O–H groups in total. The first-order chi connectivity index (χ1) is 39.0. The van der Waals surface area contributed by atoms with Crippen molar-refractivity contribution < 1.29 is 28.6 Å². The summed E-state index contributed by atoms with van der Waals surface area (Å²) >= 11 is 0. The fraction of sp³-hybridized carbons (Fsp3) is 0.658. The fourth-order valence-corrected chi connectivity index (χ4v) is 8.79. The minimum Gasteiger partial charge on any atom is -0.462 e. The molecule has 0 aliphatic heterocycles. The van der Waals surface area contributed by atoms with Crippen molar-refractivity contribution in [3.63, 3.8) is 0 Å². The summed E-state index contributed by atoms with van der Waals surface area (Å²) in [5.74, 6) is -0.918. The van der Waals surface area contributed by atoms with Crippen molar-refractivity contribution in [3.8, 4) is 0 Å². The summed E-state index contributed by atoms with van der Waals surface area (Å²) in [6.45, 7) is 6.38. The van der Waals surface area contributed by atoms with E-state index in [1.165, 1.54) is 103 Å². The molecule has 6 heteroatoms. The van der Waals surface area contributed by atoms with Gasteiger partial charge in [-0.25, -0.2) is 0 Å². The lowest BCUT2D eigenvalue weighted by Gasteiger charge is -2.18. The molecule has 0 saturated heterocycles. The van der Waals surface area contributed by atoms with Crippen LogP contribution in [-0.4, -0.2) is 37.2 Å². The molecule has 0 heterocycles. The average Bonchev–Trinajstić information content (AvgIpc) is 3.45. The second-order valence-corrected chi connectivity index (χ2v) is 21.3. The Kier molecular flexibility index (Phi) is 62.3. The highest BCUT2D eigenvalue weighted by Crippen LogP contribution is 2.15. The van der Waals surface area contributed by atoms with Crippen molar-refractivity contribution in [2.45, 2.75) is 297 Å². The molecule has 0 amide bonds. The lowest BCUT2D eigenvalue weighted by atomic mass is 10.1. The Morgan fingerprint density at radius 1 is 0.266 bits per heavy atom. The predicted octanol–water partition coefficient (Wildman–Crippen LogP) is 22.5. The molecular weight excluding hydrogens is 973 g/mol. The van der Waals surface area contributed by atoms with Gasteiger partial charge in [-0.05, 0) is 135 Å². The Morgan fingerprint density at radius 3 is 0.772 bits per heavy atom. The number of ether oxygens (including phenoxy) is 3. The van der Waals surface area contributed by atoms with Gasteiger partial charge in [-0.15, -0.1) is 0 Å². The van der Waals surface area contributed by atoms with Crippen molar-refractivity contribution >= 4 is 17.9 Å². The Morgan fingerprint density at radius 2 is 0.494 bits per heavy atom. The lowest BCUT2D eigenvalue weighted by Crippen LogP contribution is -2.30. The largest absolute Gasteiger partial charge is 0.462 e. The van der Waals surface area contributed by atoms with Gasteiger partial charge in [-0.3, -0.25) is 14.4 Å². The summed E-state index contributed by atoms with van der Waals surface area (Å²) in [7, 11) is 0. The molecule has 0 saturated carbocycles. The topological polar surface area (TPSA) is 78.9 Å². The highest BCUT2D eigenvalue weighted by molar-refractivity contribution is 5.71. The minimum atomic E-state index is -0.797. The Balaban J connectivity index is 4.35. The Labute approximate surface area is 487 Å². The first kappa shape index (κ1) is 74.5. The van der Waals surface area contributed by atoms with Gasteiger partial charge in [-0.2, -0.15) is 0 Å². The molecule has 0 fully saturated rings. The molecule has 0 aromatic heterocycles. The number of rotatable bonds is 58. The number of carbonyl (C=O) groups is 3.